The Balaban J connectivity index is 2.31. The van der Waals surface area contributed by atoms with Gasteiger partial charge in [0.2, 0.25) is 0 Å². The van der Waals surface area contributed by atoms with Gasteiger partial charge in [-0.15, -0.1) is 5.11 Å². The fourth-order valence-electron chi connectivity index (χ4n) is 2.19. The van der Waals surface area contributed by atoms with E-state index < -0.39 is 0 Å². The first-order valence-corrected chi connectivity index (χ1v) is 7.33. The molecule has 110 valence electrons. The van der Waals surface area contributed by atoms with Gasteiger partial charge >= 0.3 is 0 Å². The van der Waals surface area contributed by atoms with Gasteiger partial charge in [0.05, 0.1) is 5.69 Å². The van der Waals surface area contributed by atoms with Gasteiger partial charge in [-0.1, -0.05) is 37.6 Å². The minimum atomic E-state index is 0.163. The predicted octanol–water partition coefficient (Wildman–Crippen LogP) is 5.94. The highest BCUT2D eigenvalue weighted by atomic mass is 16.3. The first-order chi connectivity index (χ1) is 10.0. The molecular weight excluding hydrogens is 260 g/mol. The molecule has 2 aromatic carbocycles. The highest BCUT2D eigenvalue weighted by Gasteiger charge is 2.07. The van der Waals surface area contributed by atoms with Gasteiger partial charge in [0.1, 0.15) is 11.4 Å². The second-order valence-corrected chi connectivity index (χ2v) is 5.55. The van der Waals surface area contributed by atoms with E-state index in [1.807, 2.05) is 31.2 Å². The molecule has 0 aliphatic heterocycles. The summed E-state index contributed by atoms with van der Waals surface area (Å²) in [5.74, 6) is 0.608. The lowest BCUT2D eigenvalue weighted by molar-refractivity contribution is 0.476. The fraction of sp³-hybridized carbons (Fsp3) is 0.333. The molecule has 0 fully saturated rings. The molecule has 0 aromatic heterocycles. The number of nitrogens with zero attached hydrogens (tertiary/aromatic N) is 2. The molecule has 21 heavy (non-hydrogen) atoms. The summed E-state index contributed by atoms with van der Waals surface area (Å²) in [7, 11) is 0. The third-order valence-corrected chi connectivity index (χ3v) is 3.80. The van der Waals surface area contributed by atoms with E-state index in [-0.39, 0.29) is 5.75 Å². The van der Waals surface area contributed by atoms with Crippen molar-refractivity contribution in [3.8, 4) is 5.75 Å². The number of aromatic hydroxyl groups is 1. The maximum atomic E-state index is 9.93. The number of phenols is 1. The molecule has 0 aliphatic carbocycles. The SMILES string of the molecule is CCC(C)c1ccc(O)c(N=Nc2ccc(C)cc2C)c1. The molecule has 0 aliphatic rings. The maximum Gasteiger partial charge on any atom is 0.143 e. The van der Waals surface area contributed by atoms with Gasteiger partial charge in [-0.3, -0.25) is 0 Å². The number of hydrogen-bond acceptors (Lipinski definition) is 3. The molecule has 1 atom stereocenters. The largest absolute Gasteiger partial charge is 0.506 e. The van der Waals surface area contributed by atoms with Gasteiger partial charge in [0.25, 0.3) is 0 Å². The van der Waals surface area contributed by atoms with E-state index in [2.05, 4.69) is 37.1 Å². The Bertz CT molecular complexity index is 662. The molecular formula is C18H22N2O. The Morgan fingerprint density at radius 2 is 1.71 bits per heavy atom. The van der Waals surface area contributed by atoms with Crippen molar-refractivity contribution in [2.24, 2.45) is 10.2 Å². The molecule has 0 amide bonds. The minimum absolute atomic E-state index is 0.163. The zero-order chi connectivity index (χ0) is 15.4. The Hall–Kier alpha value is -2.16. The van der Waals surface area contributed by atoms with Crippen molar-refractivity contribution in [1.82, 2.24) is 0 Å². The minimum Gasteiger partial charge on any atom is -0.506 e. The van der Waals surface area contributed by atoms with Gasteiger partial charge in [0, 0.05) is 0 Å². The number of benzene rings is 2. The fourth-order valence-corrected chi connectivity index (χ4v) is 2.19. The Kier molecular flexibility index (Phi) is 4.73. The van der Waals surface area contributed by atoms with Crippen molar-refractivity contribution in [3.05, 3.63) is 53.1 Å². The van der Waals surface area contributed by atoms with E-state index in [0.29, 0.717) is 11.6 Å². The van der Waals surface area contributed by atoms with Crippen LogP contribution in [-0.2, 0) is 0 Å². The van der Waals surface area contributed by atoms with Crippen molar-refractivity contribution >= 4 is 11.4 Å². The van der Waals surface area contributed by atoms with Crippen molar-refractivity contribution in [3.63, 3.8) is 0 Å². The Morgan fingerprint density at radius 3 is 2.38 bits per heavy atom. The lowest BCUT2D eigenvalue weighted by Gasteiger charge is -2.09. The summed E-state index contributed by atoms with van der Waals surface area (Å²) < 4.78 is 0. The van der Waals surface area contributed by atoms with Gasteiger partial charge in [-0.25, -0.2) is 0 Å². The third kappa shape index (κ3) is 3.69. The standard InChI is InChI=1S/C18H22N2O/c1-5-13(3)15-7-9-18(21)17(11-15)20-19-16-8-6-12(2)10-14(16)4/h6-11,13,21H,5H2,1-4H3. The molecule has 0 radical (unpaired) electrons. The lowest BCUT2D eigenvalue weighted by Crippen LogP contribution is -1.90. The smallest absolute Gasteiger partial charge is 0.143 e. The third-order valence-electron chi connectivity index (χ3n) is 3.80. The number of azo groups is 1. The quantitative estimate of drug-likeness (QED) is 0.693. The second-order valence-electron chi connectivity index (χ2n) is 5.55. The van der Waals surface area contributed by atoms with Crippen LogP contribution >= 0.6 is 0 Å². The molecule has 3 heteroatoms. The summed E-state index contributed by atoms with van der Waals surface area (Å²) in [5, 5.41) is 18.4. The molecule has 0 saturated carbocycles. The molecule has 2 rings (SSSR count). The number of hydrogen-bond donors (Lipinski definition) is 1. The predicted molar refractivity (Wildman–Crippen MR) is 86.9 cm³/mol. The molecule has 1 unspecified atom stereocenters. The van der Waals surface area contributed by atoms with Crippen molar-refractivity contribution < 1.29 is 5.11 Å². The van der Waals surface area contributed by atoms with Gasteiger partial charge < -0.3 is 5.11 Å². The topological polar surface area (TPSA) is 45.0 Å². The van der Waals surface area contributed by atoms with Crippen molar-refractivity contribution in [2.75, 3.05) is 0 Å². The van der Waals surface area contributed by atoms with Crippen LogP contribution < -0.4 is 0 Å². The van der Waals surface area contributed by atoms with E-state index in [1.54, 1.807) is 6.07 Å². The highest BCUT2D eigenvalue weighted by Crippen LogP contribution is 2.33. The second kappa shape index (κ2) is 6.53. The van der Waals surface area contributed by atoms with Crippen molar-refractivity contribution in [2.45, 2.75) is 40.0 Å². The van der Waals surface area contributed by atoms with E-state index >= 15 is 0 Å². The number of rotatable bonds is 4. The first-order valence-electron chi connectivity index (χ1n) is 7.33. The van der Waals surface area contributed by atoms with Crippen LogP contribution in [-0.4, -0.2) is 5.11 Å². The zero-order valence-electron chi connectivity index (χ0n) is 13.1. The zero-order valence-corrected chi connectivity index (χ0v) is 13.1. The monoisotopic (exact) mass is 282 g/mol. The Labute approximate surface area is 126 Å². The number of phenolic OH excluding ortho intramolecular Hbond substituents is 1. The van der Waals surface area contributed by atoms with Crippen LogP contribution in [0, 0.1) is 13.8 Å². The average molecular weight is 282 g/mol. The van der Waals surface area contributed by atoms with Crippen LogP contribution in [0.2, 0.25) is 0 Å². The summed E-state index contributed by atoms with van der Waals surface area (Å²) in [5.41, 5.74) is 4.80. The molecule has 0 heterocycles. The van der Waals surface area contributed by atoms with Crippen LogP contribution in [0.15, 0.2) is 46.6 Å². The summed E-state index contributed by atoms with van der Waals surface area (Å²) in [6.07, 6.45) is 1.05. The first kappa shape index (κ1) is 15.2. The molecule has 0 spiro atoms. The highest BCUT2D eigenvalue weighted by molar-refractivity contribution is 5.54. The summed E-state index contributed by atoms with van der Waals surface area (Å²) in [6, 6.07) is 11.6. The maximum absolute atomic E-state index is 9.93. The Morgan fingerprint density at radius 1 is 1.00 bits per heavy atom. The van der Waals surface area contributed by atoms with Crippen LogP contribution in [0.3, 0.4) is 0 Å². The summed E-state index contributed by atoms with van der Waals surface area (Å²) >= 11 is 0. The number of aryl methyl sites for hydroxylation is 2. The van der Waals surface area contributed by atoms with Gasteiger partial charge in [0.15, 0.2) is 0 Å². The summed E-state index contributed by atoms with van der Waals surface area (Å²) in [4.78, 5) is 0. The molecule has 1 N–H and O–H groups in total. The van der Waals surface area contributed by atoms with E-state index in [1.165, 1.54) is 11.1 Å². The van der Waals surface area contributed by atoms with Gasteiger partial charge in [-0.05, 0) is 55.5 Å². The van der Waals surface area contributed by atoms with Crippen LogP contribution in [0.4, 0.5) is 11.4 Å². The van der Waals surface area contributed by atoms with Crippen molar-refractivity contribution in [1.29, 1.82) is 0 Å². The van der Waals surface area contributed by atoms with Gasteiger partial charge in [-0.2, -0.15) is 5.11 Å². The van der Waals surface area contributed by atoms with Crippen LogP contribution in [0.1, 0.15) is 42.9 Å². The molecule has 0 saturated heterocycles. The van der Waals surface area contributed by atoms with Crippen LogP contribution in [0.25, 0.3) is 0 Å². The van der Waals surface area contributed by atoms with E-state index in [9.17, 15) is 5.11 Å². The lowest BCUT2D eigenvalue weighted by atomic mass is 9.98. The van der Waals surface area contributed by atoms with E-state index in [0.717, 1.165) is 17.7 Å². The molecule has 0 bridgehead atoms. The van der Waals surface area contributed by atoms with Crippen LogP contribution in [0.5, 0.6) is 5.75 Å². The molecule has 3 nitrogen and oxygen atoms in total. The average Bonchev–Trinajstić information content (AvgIpc) is 2.47. The summed E-state index contributed by atoms with van der Waals surface area (Å²) in [6.45, 7) is 8.37. The van der Waals surface area contributed by atoms with E-state index in [4.69, 9.17) is 0 Å². The normalized spacial score (nSPS) is 12.8. The molecule has 2 aromatic rings.